The zero-order valence-electron chi connectivity index (χ0n) is 22.4. The zero-order chi connectivity index (χ0) is 28.3. The molecule has 4 atom stereocenters. The summed E-state index contributed by atoms with van der Waals surface area (Å²) in [5.41, 5.74) is 1.83. The largest absolute Gasteiger partial charge is 0.497 e. The van der Waals surface area contributed by atoms with Gasteiger partial charge in [0.05, 0.1) is 38.0 Å². The fourth-order valence-corrected chi connectivity index (χ4v) is 6.91. The Hall–Kier alpha value is -5.11. The minimum Gasteiger partial charge on any atom is -0.497 e. The van der Waals surface area contributed by atoms with Crippen LogP contribution in [-0.2, 0) is 10.2 Å². The second-order valence-electron chi connectivity index (χ2n) is 10.4. The molecular formula is C33H26N2O6. The van der Waals surface area contributed by atoms with Gasteiger partial charge in [-0.15, -0.1) is 0 Å². The van der Waals surface area contributed by atoms with Gasteiger partial charge in [0, 0.05) is 11.9 Å². The number of hydrogen-bond donors (Lipinski definition) is 1. The van der Waals surface area contributed by atoms with Crippen LogP contribution in [0.1, 0.15) is 43.6 Å². The zero-order valence-corrected chi connectivity index (χ0v) is 22.4. The van der Waals surface area contributed by atoms with Crippen molar-refractivity contribution in [1.29, 1.82) is 0 Å². The summed E-state index contributed by atoms with van der Waals surface area (Å²) >= 11 is 0. The molecular weight excluding hydrogens is 520 g/mol. The molecule has 1 aromatic heterocycles. The summed E-state index contributed by atoms with van der Waals surface area (Å²) in [5.74, 6) is -1.40. The molecule has 7 rings (SSSR count). The van der Waals surface area contributed by atoms with E-state index in [-0.39, 0.29) is 17.2 Å². The maximum Gasteiger partial charge on any atom is 0.238 e. The number of carbonyl (C=O) groups is 3. The summed E-state index contributed by atoms with van der Waals surface area (Å²) in [6, 6.07) is 21.6. The lowest BCUT2D eigenvalue weighted by atomic mass is 9.62. The Morgan fingerprint density at radius 1 is 0.927 bits per heavy atom. The molecule has 3 aromatic carbocycles. The van der Waals surface area contributed by atoms with Gasteiger partial charge in [0.1, 0.15) is 23.0 Å². The van der Waals surface area contributed by atoms with E-state index >= 15 is 4.79 Å². The third-order valence-electron chi connectivity index (χ3n) is 8.56. The van der Waals surface area contributed by atoms with Crippen LogP contribution >= 0.6 is 0 Å². The van der Waals surface area contributed by atoms with Crippen molar-refractivity contribution >= 4 is 29.2 Å². The van der Waals surface area contributed by atoms with Crippen molar-refractivity contribution < 1.29 is 28.3 Å². The van der Waals surface area contributed by atoms with Crippen LogP contribution in [0.25, 0.3) is 6.08 Å². The smallest absolute Gasteiger partial charge is 0.238 e. The van der Waals surface area contributed by atoms with E-state index in [1.165, 1.54) is 20.5 Å². The van der Waals surface area contributed by atoms with Crippen LogP contribution in [0.4, 0.5) is 5.69 Å². The average molecular weight is 547 g/mol. The predicted octanol–water partition coefficient (Wildman–Crippen LogP) is 5.28. The first-order chi connectivity index (χ1) is 20.0. The maximum absolute atomic E-state index is 15.0. The fourth-order valence-electron chi connectivity index (χ4n) is 6.91. The lowest BCUT2D eigenvalue weighted by Crippen LogP contribution is -2.49. The van der Waals surface area contributed by atoms with Crippen LogP contribution < -0.4 is 14.8 Å². The number of ether oxygens (including phenoxy) is 2. The van der Waals surface area contributed by atoms with E-state index in [0.29, 0.717) is 22.7 Å². The summed E-state index contributed by atoms with van der Waals surface area (Å²) in [5, 5.41) is 3.04. The van der Waals surface area contributed by atoms with Crippen molar-refractivity contribution in [3.8, 4) is 11.5 Å². The SMILES string of the molecule is COc1ccc(OC)c(C(=O)[C@@H]2[C@@H](C(=O)c3ccco3)N3C=Cc4ccccc4[C@@H]3[C@]23C(=O)Nc2ccccc23)c1. The van der Waals surface area contributed by atoms with Gasteiger partial charge in [-0.1, -0.05) is 42.5 Å². The minimum absolute atomic E-state index is 0.111. The van der Waals surface area contributed by atoms with Crippen molar-refractivity contribution in [2.75, 3.05) is 19.5 Å². The minimum atomic E-state index is -1.45. The first-order valence-corrected chi connectivity index (χ1v) is 13.3. The number of nitrogens with zero attached hydrogens (tertiary/aromatic N) is 1. The molecule has 1 fully saturated rings. The molecule has 3 aliphatic rings. The Morgan fingerprint density at radius 2 is 1.73 bits per heavy atom. The van der Waals surface area contributed by atoms with Crippen molar-refractivity contribution in [2.45, 2.75) is 17.5 Å². The molecule has 1 N–H and O–H groups in total. The molecule has 204 valence electrons. The van der Waals surface area contributed by atoms with E-state index in [0.717, 1.165) is 11.1 Å². The van der Waals surface area contributed by atoms with Crippen LogP contribution in [0.5, 0.6) is 11.5 Å². The molecule has 8 nitrogen and oxygen atoms in total. The van der Waals surface area contributed by atoms with Gasteiger partial charge in [-0.25, -0.2) is 0 Å². The van der Waals surface area contributed by atoms with Gasteiger partial charge in [-0.3, -0.25) is 14.4 Å². The van der Waals surface area contributed by atoms with Gasteiger partial charge in [-0.2, -0.15) is 0 Å². The molecule has 1 spiro atoms. The Kier molecular flexibility index (Phi) is 5.61. The van der Waals surface area contributed by atoms with E-state index in [1.54, 1.807) is 30.3 Å². The highest BCUT2D eigenvalue weighted by atomic mass is 16.5. The standard InChI is InChI=1S/C33H26N2O6/c1-39-20-13-14-25(40-2)22(18-20)29(36)27-28(30(37)26-12-7-17-41-26)35-16-15-19-8-3-4-9-21(19)31(35)33(27)23-10-5-6-11-24(23)34-32(33)38/h3-18,27-28,31H,1-2H3,(H,34,38)/t27-,28-,31+,33+/m0/s1. The van der Waals surface area contributed by atoms with Crippen LogP contribution in [-0.4, -0.2) is 42.6 Å². The van der Waals surface area contributed by atoms with Crippen molar-refractivity contribution in [3.63, 3.8) is 0 Å². The molecule has 41 heavy (non-hydrogen) atoms. The van der Waals surface area contributed by atoms with E-state index in [9.17, 15) is 9.59 Å². The van der Waals surface area contributed by atoms with Crippen LogP contribution in [0, 0.1) is 5.92 Å². The first-order valence-electron chi connectivity index (χ1n) is 13.3. The number of methoxy groups -OCH3 is 2. The fraction of sp³-hybridized carbons (Fsp3) is 0.182. The number of nitrogens with one attached hydrogen (secondary N) is 1. The van der Waals surface area contributed by atoms with E-state index in [1.807, 2.05) is 65.7 Å². The highest BCUT2D eigenvalue weighted by Crippen LogP contribution is 2.62. The Balaban J connectivity index is 1.56. The second kappa shape index (κ2) is 9.23. The van der Waals surface area contributed by atoms with Gasteiger partial charge in [-0.05, 0) is 59.2 Å². The molecule has 0 aliphatic carbocycles. The number of rotatable bonds is 6. The van der Waals surface area contributed by atoms with E-state index < -0.39 is 35.0 Å². The molecule has 4 aromatic rings. The second-order valence-corrected chi connectivity index (χ2v) is 10.4. The molecule has 0 bridgehead atoms. The van der Waals surface area contributed by atoms with Crippen LogP contribution in [0.15, 0.2) is 95.7 Å². The topological polar surface area (TPSA) is 98.1 Å². The summed E-state index contributed by atoms with van der Waals surface area (Å²) in [4.78, 5) is 45.7. The number of carbonyl (C=O) groups excluding carboxylic acids is 3. The summed E-state index contributed by atoms with van der Waals surface area (Å²) in [6.45, 7) is 0. The number of furan rings is 1. The van der Waals surface area contributed by atoms with E-state index in [2.05, 4.69) is 5.32 Å². The summed E-state index contributed by atoms with van der Waals surface area (Å²) < 4.78 is 16.6. The normalized spacial score (nSPS) is 23.5. The monoisotopic (exact) mass is 546 g/mol. The van der Waals surface area contributed by atoms with E-state index in [4.69, 9.17) is 13.9 Å². The van der Waals surface area contributed by atoms with Crippen LogP contribution in [0.3, 0.4) is 0 Å². The number of hydrogen-bond acceptors (Lipinski definition) is 7. The third-order valence-corrected chi connectivity index (χ3v) is 8.56. The number of benzene rings is 3. The number of Topliss-reactive ketones (excluding diaryl/α,β-unsaturated/α-hetero) is 2. The highest BCUT2D eigenvalue weighted by Gasteiger charge is 2.71. The quantitative estimate of drug-likeness (QED) is 0.329. The Labute approximate surface area is 236 Å². The summed E-state index contributed by atoms with van der Waals surface area (Å²) in [7, 11) is 2.99. The summed E-state index contributed by atoms with van der Waals surface area (Å²) in [6.07, 6.45) is 5.17. The van der Waals surface area contributed by atoms with Gasteiger partial charge >= 0.3 is 0 Å². The molecule has 0 unspecified atom stereocenters. The van der Waals surface area contributed by atoms with Crippen molar-refractivity contribution in [3.05, 3.63) is 119 Å². The lowest BCUT2D eigenvalue weighted by Gasteiger charge is -2.38. The van der Waals surface area contributed by atoms with Gasteiger partial charge in [0.2, 0.25) is 11.7 Å². The molecule has 4 heterocycles. The number of anilines is 1. The van der Waals surface area contributed by atoms with Gasteiger partial charge in [0.15, 0.2) is 11.5 Å². The molecule has 0 saturated carbocycles. The molecule has 1 saturated heterocycles. The Morgan fingerprint density at radius 3 is 2.51 bits per heavy atom. The third kappa shape index (κ3) is 3.37. The molecule has 1 amide bonds. The lowest BCUT2D eigenvalue weighted by molar-refractivity contribution is -0.122. The number of amides is 1. The average Bonchev–Trinajstić information content (AvgIpc) is 3.73. The van der Waals surface area contributed by atoms with Crippen molar-refractivity contribution in [2.24, 2.45) is 5.92 Å². The highest BCUT2D eigenvalue weighted by molar-refractivity contribution is 6.17. The number of para-hydroxylation sites is 1. The van der Waals surface area contributed by atoms with Gasteiger partial charge < -0.3 is 24.1 Å². The maximum atomic E-state index is 15.0. The van der Waals surface area contributed by atoms with Crippen molar-refractivity contribution in [1.82, 2.24) is 4.90 Å². The molecule has 8 heteroatoms. The Bertz CT molecular complexity index is 1740. The molecule has 3 aliphatic heterocycles. The van der Waals surface area contributed by atoms with Gasteiger partial charge in [0.25, 0.3) is 0 Å². The first kappa shape index (κ1) is 24.9. The molecule has 0 radical (unpaired) electrons. The number of ketones is 2. The predicted molar refractivity (Wildman–Crippen MR) is 151 cm³/mol. The number of fused-ring (bicyclic) bond motifs is 6. The van der Waals surface area contributed by atoms with Crippen LogP contribution in [0.2, 0.25) is 0 Å².